The fraction of sp³-hybridized carbons (Fsp3) is 0.520. The fourth-order valence-electron chi connectivity index (χ4n) is 4.50. The normalized spacial score (nSPS) is 19.7. The Labute approximate surface area is 168 Å². The number of rotatable bonds is 8. The standard InChI is InChI=1S/C25H32F2O/c1-3-4-18-5-7-19(8-6-18)9-10-20-11-13-21(14-12-20)22-15-24(26)23(17-28-2)25(27)16-22/h11-16,18-19H,3-10,17H2,1-2H3/t18-,19-. The van der Waals surface area contributed by atoms with Crippen molar-refractivity contribution in [3.05, 3.63) is 59.2 Å². The summed E-state index contributed by atoms with van der Waals surface area (Å²) >= 11 is 0. The Kier molecular flexibility index (Phi) is 7.61. The van der Waals surface area contributed by atoms with Crippen LogP contribution in [0.15, 0.2) is 36.4 Å². The predicted molar refractivity (Wildman–Crippen MR) is 111 cm³/mol. The molecule has 0 unspecified atom stereocenters. The highest BCUT2D eigenvalue weighted by molar-refractivity contribution is 5.64. The van der Waals surface area contributed by atoms with E-state index < -0.39 is 11.6 Å². The van der Waals surface area contributed by atoms with Crippen LogP contribution in [-0.2, 0) is 17.8 Å². The van der Waals surface area contributed by atoms with Gasteiger partial charge in [-0.25, -0.2) is 8.78 Å². The van der Waals surface area contributed by atoms with Gasteiger partial charge in [0, 0.05) is 12.7 Å². The highest BCUT2D eigenvalue weighted by Crippen LogP contribution is 2.34. The molecule has 0 amide bonds. The van der Waals surface area contributed by atoms with Gasteiger partial charge in [0.05, 0.1) is 6.61 Å². The van der Waals surface area contributed by atoms with Gasteiger partial charge in [-0.15, -0.1) is 0 Å². The minimum Gasteiger partial charge on any atom is -0.380 e. The molecule has 0 bridgehead atoms. The molecule has 0 heterocycles. The monoisotopic (exact) mass is 386 g/mol. The van der Waals surface area contributed by atoms with Crippen LogP contribution in [0.4, 0.5) is 8.78 Å². The lowest BCUT2D eigenvalue weighted by Crippen LogP contribution is -2.15. The molecule has 28 heavy (non-hydrogen) atoms. The molecule has 1 fully saturated rings. The third kappa shape index (κ3) is 5.41. The smallest absolute Gasteiger partial charge is 0.132 e. The van der Waals surface area contributed by atoms with Gasteiger partial charge in [-0.3, -0.25) is 0 Å². The first kappa shape index (κ1) is 21.0. The van der Waals surface area contributed by atoms with Crippen molar-refractivity contribution in [3.63, 3.8) is 0 Å². The Bertz CT molecular complexity index is 723. The number of hydrogen-bond acceptors (Lipinski definition) is 1. The quantitative estimate of drug-likeness (QED) is 0.462. The van der Waals surface area contributed by atoms with Crippen LogP contribution < -0.4 is 0 Å². The van der Waals surface area contributed by atoms with E-state index in [4.69, 9.17) is 4.74 Å². The summed E-state index contributed by atoms with van der Waals surface area (Å²) in [7, 11) is 1.43. The molecule has 1 saturated carbocycles. The summed E-state index contributed by atoms with van der Waals surface area (Å²) in [5.74, 6) is 0.695. The van der Waals surface area contributed by atoms with Gasteiger partial charge < -0.3 is 4.74 Å². The minimum absolute atomic E-state index is 0.0171. The molecule has 0 atom stereocenters. The molecule has 1 aliphatic rings. The predicted octanol–water partition coefficient (Wildman–Crippen LogP) is 7.32. The van der Waals surface area contributed by atoms with Crippen LogP contribution in [0.25, 0.3) is 11.1 Å². The maximum Gasteiger partial charge on any atom is 0.132 e. The summed E-state index contributed by atoms with van der Waals surface area (Å²) in [6.45, 7) is 2.23. The number of hydrogen-bond donors (Lipinski definition) is 0. The fourth-order valence-corrected chi connectivity index (χ4v) is 4.50. The summed E-state index contributed by atoms with van der Waals surface area (Å²) < 4.78 is 33.2. The van der Waals surface area contributed by atoms with E-state index in [-0.39, 0.29) is 12.2 Å². The molecule has 0 aromatic heterocycles. The van der Waals surface area contributed by atoms with Crippen molar-refractivity contribution in [1.29, 1.82) is 0 Å². The lowest BCUT2D eigenvalue weighted by molar-refractivity contribution is 0.177. The van der Waals surface area contributed by atoms with E-state index in [0.717, 1.165) is 23.8 Å². The second-order valence-electron chi connectivity index (χ2n) is 8.26. The summed E-state index contributed by atoms with van der Waals surface area (Å²) in [5.41, 5.74) is 2.69. The number of methoxy groups -OCH3 is 1. The van der Waals surface area contributed by atoms with Crippen molar-refractivity contribution >= 4 is 0 Å². The third-order valence-corrected chi connectivity index (χ3v) is 6.22. The van der Waals surface area contributed by atoms with Crippen LogP contribution in [0, 0.1) is 23.5 Å². The zero-order valence-electron chi connectivity index (χ0n) is 17.1. The van der Waals surface area contributed by atoms with Crippen LogP contribution in [0.3, 0.4) is 0 Å². The van der Waals surface area contributed by atoms with Crippen LogP contribution in [0.1, 0.15) is 63.0 Å². The lowest BCUT2D eigenvalue weighted by Gasteiger charge is -2.28. The van der Waals surface area contributed by atoms with Crippen molar-refractivity contribution in [2.45, 2.75) is 64.9 Å². The van der Waals surface area contributed by atoms with Crippen molar-refractivity contribution in [2.24, 2.45) is 11.8 Å². The van der Waals surface area contributed by atoms with Crippen molar-refractivity contribution < 1.29 is 13.5 Å². The minimum atomic E-state index is -0.556. The van der Waals surface area contributed by atoms with Gasteiger partial charge in [-0.05, 0) is 53.5 Å². The summed E-state index contributed by atoms with van der Waals surface area (Å²) in [4.78, 5) is 0. The Morgan fingerprint density at radius 3 is 1.96 bits per heavy atom. The van der Waals surface area contributed by atoms with E-state index in [1.54, 1.807) is 0 Å². The summed E-state index contributed by atoms with van der Waals surface area (Å²) in [6, 6.07) is 10.9. The molecular formula is C25H32F2O. The number of halogens is 2. The molecule has 0 N–H and O–H groups in total. The molecule has 2 aromatic carbocycles. The molecule has 2 aromatic rings. The molecule has 0 aliphatic heterocycles. The molecule has 0 saturated heterocycles. The SMILES string of the molecule is CCC[C@H]1CC[C@H](CCc2ccc(-c3cc(F)c(COC)c(F)c3)cc2)CC1. The summed E-state index contributed by atoms with van der Waals surface area (Å²) in [6.07, 6.45) is 10.6. The Morgan fingerprint density at radius 1 is 0.857 bits per heavy atom. The van der Waals surface area contributed by atoms with Crippen LogP contribution in [-0.4, -0.2) is 7.11 Å². The number of aryl methyl sites for hydroxylation is 1. The molecule has 3 heteroatoms. The van der Waals surface area contributed by atoms with Gasteiger partial charge in [0.2, 0.25) is 0 Å². The first-order chi connectivity index (χ1) is 13.6. The second kappa shape index (κ2) is 10.2. The molecular weight excluding hydrogens is 354 g/mol. The van der Waals surface area contributed by atoms with Crippen molar-refractivity contribution in [1.82, 2.24) is 0 Å². The summed E-state index contributed by atoms with van der Waals surface area (Å²) in [5, 5.41) is 0. The lowest BCUT2D eigenvalue weighted by atomic mass is 9.78. The highest BCUT2D eigenvalue weighted by Gasteiger charge is 2.20. The second-order valence-corrected chi connectivity index (χ2v) is 8.26. The van der Waals surface area contributed by atoms with E-state index in [1.807, 2.05) is 12.1 Å². The molecule has 0 radical (unpaired) electrons. The van der Waals surface area contributed by atoms with Gasteiger partial charge in [0.1, 0.15) is 11.6 Å². The maximum atomic E-state index is 14.1. The topological polar surface area (TPSA) is 9.23 Å². The zero-order chi connectivity index (χ0) is 19.9. The van der Waals surface area contributed by atoms with E-state index in [9.17, 15) is 8.78 Å². The van der Waals surface area contributed by atoms with E-state index in [2.05, 4.69) is 19.1 Å². The molecule has 1 nitrogen and oxygen atoms in total. The van der Waals surface area contributed by atoms with Gasteiger partial charge >= 0.3 is 0 Å². The largest absolute Gasteiger partial charge is 0.380 e. The Hall–Kier alpha value is -1.74. The van der Waals surface area contributed by atoms with Crippen LogP contribution >= 0.6 is 0 Å². The average Bonchev–Trinajstić information content (AvgIpc) is 2.71. The third-order valence-electron chi connectivity index (χ3n) is 6.22. The zero-order valence-corrected chi connectivity index (χ0v) is 17.1. The molecule has 1 aliphatic carbocycles. The average molecular weight is 387 g/mol. The molecule has 0 spiro atoms. The maximum absolute atomic E-state index is 14.1. The highest BCUT2D eigenvalue weighted by atomic mass is 19.1. The van der Waals surface area contributed by atoms with Gasteiger partial charge in [0.25, 0.3) is 0 Å². The van der Waals surface area contributed by atoms with Gasteiger partial charge in [-0.2, -0.15) is 0 Å². The van der Waals surface area contributed by atoms with Gasteiger partial charge in [0.15, 0.2) is 0 Å². The number of ether oxygens (including phenoxy) is 1. The van der Waals surface area contributed by atoms with Crippen LogP contribution in [0.2, 0.25) is 0 Å². The van der Waals surface area contributed by atoms with E-state index in [0.29, 0.717) is 5.56 Å². The number of benzene rings is 2. The first-order valence-corrected chi connectivity index (χ1v) is 10.7. The Morgan fingerprint density at radius 2 is 1.43 bits per heavy atom. The van der Waals surface area contributed by atoms with Crippen molar-refractivity contribution in [3.8, 4) is 11.1 Å². The van der Waals surface area contributed by atoms with Gasteiger partial charge in [-0.1, -0.05) is 69.7 Å². The molecule has 3 rings (SSSR count). The first-order valence-electron chi connectivity index (χ1n) is 10.7. The van der Waals surface area contributed by atoms with E-state index >= 15 is 0 Å². The molecule has 152 valence electrons. The van der Waals surface area contributed by atoms with Crippen LogP contribution in [0.5, 0.6) is 0 Å². The van der Waals surface area contributed by atoms with E-state index in [1.165, 1.54) is 69.8 Å². The van der Waals surface area contributed by atoms with Crippen molar-refractivity contribution in [2.75, 3.05) is 7.11 Å². The Balaban J connectivity index is 1.57.